The van der Waals surface area contributed by atoms with Crippen LogP contribution in [-0.2, 0) is 20.2 Å². The van der Waals surface area contributed by atoms with Crippen LogP contribution in [-0.4, -0.2) is 79.0 Å². The molecule has 0 heterocycles. The van der Waals surface area contributed by atoms with E-state index in [0.717, 1.165) is 12.1 Å². The summed E-state index contributed by atoms with van der Waals surface area (Å²) >= 11 is 0. The molecule has 2 aromatic carbocycles. The van der Waals surface area contributed by atoms with Crippen LogP contribution < -0.4 is 59.1 Å². The van der Waals surface area contributed by atoms with Gasteiger partial charge in [0.2, 0.25) is 0 Å². The Bertz CT molecular complexity index is 884. The van der Waals surface area contributed by atoms with Crippen molar-refractivity contribution in [2.24, 2.45) is 0 Å². The van der Waals surface area contributed by atoms with Gasteiger partial charge in [-0.15, -0.1) is 0 Å². The van der Waals surface area contributed by atoms with Crippen molar-refractivity contribution >= 4 is 62.4 Å². The van der Waals surface area contributed by atoms with Crippen molar-refractivity contribution in [3.8, 4) is 0 Å². The van der Waals surface area contributed by atoms with E-state index in [0.29, 0.717) is 12.6 Å². The van der Waals surface area contributed by atoms with Crippen LogP contribution in [0.25, 0.3) is 0 Å². The van der Waals surface area contributed by atoms with Crippen LogP contribution >= 0.6 is 0 Å². The van der Waals surface area contributed by atoms with Gasteiger partial charge in [0.1, 0.15) is 20.2 Å². The molecule has 0 saturated carbocycles. The van der Waals surface area contributed by atoms with Crippen molar-refractivity contribution in [3.05, 3.63) is 59.7 Å². The molecule has 0 aromatic heterocycles. The molecule has 2 aromatic rings. The summed E-state index contributed by atoms with van der Waals surface area (Å²) in [5.74, 6) is 0. The average molecular weight is 476 g/mol. The van der Waals surface area contributed by atoms with Crippen molar-refractivity contribution in [1.82, 2.24) is 0 Å². The zero-order valence-corrected chi connectivity index (χ0v) is 20.5. The molecule has 29 heavy (non-hydrogen) atoms. The normalized spacial score (nSPS) is 9.17. The van der Waals surface area contributed by atoms with Gasteiger partial charge in [-0.3, -0.25) is 9.59 Å². The average Bonchev–Trinajstić information content (AvgIpc) is 2.53. The third-order valence-corrected chi connectivity index (χ3v) is 4.45. The van der Waals surface area contributed by atoms with Gasteiger partial charge in [-0.1, -0.05) is 36.4 Å². The minimum absolute atomic E-state index is 0. The molecule has 10 nitrogen and oxygen atoms in total. The third kappa shape index (κ3) is 13.5. The van der Waals surface area contributed by atoms with E-state index in [2.05, 4.69) is 0 Å². The predicted octanol–water partition coefficient (Wildman–Crippen LogP) is -7.48. The van der Waals surface area contributed by atoms with Gasteiger partial charge in [0.05, 0.1) is 9.79 Å². The van der Waals surface area contributed by atoms with E-state index in [1.165, 1.54) is 36.4 Å². The molecule has 0 bridgehead atoms. The summed E-state index contributed by atoms with van der Waals surface area (Å²) in [6, 6.07) is 10.5. The molecule has 0 unspecified atom stereocenters. The number of carbonyl (C=O) groups is 2. The molecule has 0 spiro atoms. The van der Waals surface area contributed by atoms with Crippen LogP contribution in [0.5, 0.6) is 0 Å². The first-order valence-electron chi connectivity index (χ1n) is 6.11. The first-order chi connectivity index (χ1) is 11.1. The van der Waals surface area contributed by atoms with Crippen molar-refractivity contribution in [3.63, 3.8) is 0 Å². The molecule has 0 saturated heterocycles. The SMILES string of the molecule is O.O.O=Cc1ccccc1S(=O)(=O)[O-].O=Cc1ccccc1S(=O)(=O)[O-].[Na+].[Na+].[NaH]. The summed E-state index contributed by atoms with van der Waals surface area (Å²) < 4.78 is 63.0. The predicted molar refractivity (Wildman–Crippen MR) is 94.0 cm³/mol. The Hall–Kier alpha value is 0.520. The fourth-order valence-electron chi connectivity index (χ4n) is 1.61. The quantitative estimate of drug-likeness (QED) is 0.234. The van der Waals surface area contributed by atoms with E-state index in [-0.39, 0.29) is 111 Å². The summed E-state index contributed by atoms with van der Waals surface area (Å²) in [4.78, 5) is 19.6. The van der Waals surface area contributed by atoms with Gasteiger partial charge in [-0.05, 0) is 12.1 Å². The molecule has 0 aliphatic rings. The Labute approximate surface area is 234 Å². The van der Waals surface area contributed by atoms with Crippen LogP contribution in [0.2, 0.25) is 0 Å². The molecule has 0 radical (unpaired) electrons. The number of aldehydes is 2. The zero-order valence-electron chi connectivity index (χ0n) is 14.9. The molecule has 0 aliphatic heterocycles. The second kappa shape index (κ2) is 18.1. The topological polar surface area (TPSA) is 212 Å². The Morgan fingerprint density at radius 3 is 1.03 bits per heavy atom. The Balaban J connectivity index is -0.000000113. The second-order valence-electron chi connectivity index (χ2n) is 4.22. The van der Waals surface area contributed by atoms with Gasteiger partial charge in [0, 0.05) is 11.1 Å². The van der Waals surface area contributed by atoms with Crippen molar-refractivity contribution in [2.75, 3.05) is 0 Å². The van der Waals surface area contributed by atoms with Gasteiger partial charge in [-0.25, -0.2) is 16.8 Å². The summed E-state index contributed by atoms with van der Waals surface area (Å²) in [5.41, 5.74) is -0.208. The van der Waals surface area contributed by atoms with Crippen LogP contribution in [0.1, 0.15) is 20.7 Å². The first kappa shape index (κ1) is 39.9. The fourth-order valence-corrected chi connectivity index (χ4v) is 2.91. The standard InChI is InChI=1S/2C7H6O4S.3Na.2H2O.H/c2*8-5-6-3-1-2-4-7(6)12(9,10)11;;;;;;/h2*1-5H,(H,9,10,11);;;;2*1H2;/q;;;2*+1;;;/p-2. The van der Waals surface area contributed by atoms with Gasteiger partial charge in [0.15, 0.2) is 12.6 Å². The van der Waals surface area contributed by atoms with Gasteiger partial charge in [0.25, 0.3) is 0 Å². The van der Waals surface area contributed by atoms with Crippen LogP contribution in [0.4, 0.5) is 0 Å². The van der Waals surface area contributed by atoms with Gasteiger partial charge >= 0.3 is 88.7 Å². The summed E-state index contributed by atoms with van der Waals surface area (Å²) in [7, 11) is -9.05. The van der Waals surface area contributed by atoms with Crippen molar-refractivity contribution in [1.29, 1.82) is 0 Å². The maximum absolute atomic E-state index is 10.5. The Morgan fingerprint density at radius 1 is 0.621 bits per heavy atom. The molecule has 0 amide bonds. The third-order valence-electron chi connectivity index (χ3n) is 2.63. The van der Waals surface area contributed by atoms with Crippen molar-refractivity contribution < 1.29 is 106 Å². The number of hydrogen-bond acceptors (Lipinski definition) is 8. The van der Waals surface area contributed by atoms with E-state index in [1.54, 1.807) is 0 Å². The first-order valence-corrected chi connectivity index (χ1v) is 8.93. The van der Waals surface area contributed by atoms with Crippen LogP contribution in [0, 0.1) is 0 Å². The minimum atomic E-state index is -4.53. The van der Waals surface area contributed by atoms with E-state index >= 15 is 0 Å². The molecular formula is C14H15Na3O10S2. The number of benzene rings is 2. The van der Waals surface area contributed by atoms with E-state index < -0.39 is 30.0 Å². The summed E-state index contributed by atoms with van der Waals surface area (Å²) in [5, 5.41) is 0. The van der Waals surface area contributed by atoms with E-state index in [9.17, 15) is 35.5 Å². The zero-order chi connectivity index (χ0) is 18.4. The molecular weight excluding hydrogens is 461 g/mol. The molecule has 0 aliphatic carbocycles. The molecule has 15 heteroatoms. The maximum atomic E-state index is 10.5. The number of carbonyl (C=O) groups excluding carboxylic acids is 2. The molecule has 2 rings (SSSR count). The van der Waals surface area contributed by atoms with Crippen LogP contribution in [0.15, 0.2) is 58.3 Å². The van der Waals surface area contributed by atoms with Gasteiger partial charge < -0.3 is 20.1 Å². The van der Waals surface area contributed by atoms with E-state index in [4.69, 9.17) is 0 Å². The summed E-state index contributed by atoms with van der Waals surface area (Å²) in [6.45, 7) is 0. The Morgan fingerprint density at radius 2 is 0.862 bits per heavy atom. The monoisotopic (exact) mass is 476 g/mol. The number of hydrogen-bond donors (Lipinski definition) is 0. The number of rotatable bonds is 4. The molecule has 0 fully saturated rings. The Kier molecular flexibility index (Phi) is 25.0. The summed E-state index contributed by atoms with van der Waals surface area (Å²) in [6.07, 6.45) is 0.676. The van der Waals surface area contributed by atoms with Gasteiger partial charge in [-0.2, -0.15) is 0 Å². The molecule has 0 atom stereocenters. The van der Waals surface area contributed by atoms with E-state index in [1.807, 2.05) is 0 Å². The van der Waals surface area contributed by atoms with Crippen LogP contribution in [0.3, 0.4) is 0 Å². The molecule has 146 valence electrons. The fraction of sp³-hybridized carbons (Fsp3) is 0. The second-order valence-corrected chi connectivity index (χ2v) is 6.92. The molecule has 4 N–H and O–H groups in total. The van der Waals surface area contributed by atoms with Crippen molar-refractivity contribution in [2.45, 2.75) is 9.79 Å².